The summed E-state index contributed by atoms with van der Waals surface area (Å²) in [4.78, 5) is 12.7. The minimum Gasteiger partial charge on any atom is -0.367 e. The third-order valence-corrected chi connectivity index (χ3v) is 8.61. The van der Waals surface area contributed by atoms with Crippen LogP contribution in [0, 0.1) is 6.92 Å². The fourth-order valence-corrected chi connectivity index (χ4v) is 5.86. The maximum Gasteiger partial charge on any atom is 0.162 e. The molecule has 0 bridgehead atoms. The topological polar surface area (TPSA) is 41.0 Å². The Labute approximate surface area is 253 Å². The average Bonchev–Trinajstić information content (AvgIpc) is 2.97. The third-order valence-electron chi connectivity index (χ3n) is 7.89. The van der Waals surface area contributed by atoms with Gasteiger partial charge in [-0.3, -0.25) is 0 Å². The van der Waals surface area contributed by atoms with Crippen LogP contribution in [0.2, 0.25) is 10.0 Å². The molecule has 4 aromatic carbocycles. The number of nitrogens with one attached hydrogen (secondary N) is 1. The van der Waals surface area contributed by atoms with Gasteiger partial charge in [0.25, 0.3) is 0 Å². The monoisotopic (exact) mass is 584 g/mol. The highest BCUT2D eigenvalue weighted by Gasteiger charge is 2.16. The van der Waals surface area contributed by atoms with Gasteiger partial charge < -0.3 is 10.2 Å². The Hall–Kier alpha value is -3.18. The SMILES string of the molecule is CCN(CC)CCCC(C)Nc1nc(-c2cc(Cc3ccccc3)c3cc(Cl)c(Cl)cc3c2)nc2c(C)cccc12. The predicted octanol–water partition coefficient (Wildman–Crippen LogP) is 9.58. The lowest BCUT2D eigenvalue weighted by atomic mass is 9.95. The third kappa shape index (κ3) is 6.83. The van der Waals surface area contributed by atoms with E-state index in [1.165, 1.54) is 5.56 Å². The zero-order valence-electron chi connectivity index (χ0n) is 24.3. The number of halogens is 2. The summed E-state index contributed by atoms with van der Waals surface area (Å²) >= 11 is 13.0. The quantitative estimate of drug-likeness (QED) is 0.168. The van der Waals surface area contributed by atoms with Crippen LogP contribution in [0.25, 0.3) is 33.1 Å². The molecule has 41 heavy (non-hydrogen) atoms. The molecule has 4 nitrogen and oxygen atoms in total. The molecule has 0 radical (unpaired) electrons. The zero-order chi connectivity index (χ0) is 28.9. The van der Waals surface area contributed by atoms with Crippen LogP contribution in [-0.4, -0.2) is 40.5 Å². The van der Waals surface area contributed by atoms with Crippen molar-refractivity contribution in [1.82, 2.24) is 14.9 Å². The van der Waals surface area contributed by atoms with Crippen LogP contribution < -0.4 is 5.32 Å². The molecule has 0 amide bonds. The molecular formula is C35H38Cl2N4. The molecule has 0 saturated heterocycles. The second-order valence-corrected chi connectivity index (χ2v) is 11.7. The number of aryl methyl sites for hydroxylation is 1. The number of nitrogens with zero attached hydrogens (tertiary/aromatic N) is 3. The molecule has 1 aromatic heterocycles. The van der Waals surface area contributed by atoms with E-state index in [1.54, 1.807) is 0 Å². The summed E-state index contributed by atoms with van der Waals surface area (Å²) in [6.45, 7) is 12.1. The number of benzene rings is 4. The van der Waals surface area contributed by atoms with Crippen LogP contribution in [-0.2, 0) is 6.42 Å². The molecule has 0 spiro atoms. The Balaban J connectivity index is 1.56. The number of aromatic nitrogens is 2. The Bertz CT molecular complexity index is 1650. The van der Waals surface area contributed by atoms with Gasteiger partial charge in [-0.2, -0.15) is 0 Å². The highest BCUT2D eigenvalue weighted by atomic mass is 35.5. The first-order valence-electron chi connectivity index (χ1n) is 14.6. The minimum atomic E-state index is 0.281. The zero-order valence-corrected chi connectivity index (χ0v) is 25.9. The number of rotatable bonds is 11. The van der Waals surface area contributed by atoms with Gasteiger partial charge >= 0.3 is 0 Å². The lowest BCUT2D eigenvalue weighted by molar-refractivity contribution is 0.295. The molecule has 0 saturated carbocycles. The van der Waals surface area contributed by atoms with E-state index >= 15 is 0 Å². The molecule has 1 atom stereocenters. The molecule has 0 fully saturated rings. The van der Waals surface area contributed by atoms with Gasteiger partial charge in [0.15, 0.2) is 5.82 Å². The van der Waals surface area contributed by atoms with Crippen LogP contribution in [0.3, 0.4) is 0 Å². The molecule has 0 aliphatic carbocycles. The second-order valence-electron chi connectivity index (χ2n) is 10.9. The van der Waals surface area contributed by atoms with Gasteiger partial charge in [-0.25, -0.2) is 9.97 Å². The largest absolute Gasteiger partial charge is 0.367 e. The molecule has 6 heteroatoms. The van der Waals surface area contributed by atoms with E-state index in [2.05, 4.69) is 92.5 Å². The molecule has 0 aliphatic heterocycles. The Kier molecular flexibility index (Phi) is 9.44. The van der Waals surface area contributed by atoms with Crippen molar-refractivity contribution in [3.63, 3.8) is 0 Å². The number of para-hydroxylation sites is 1. The van der Waals surface area contributed by atoms with E-state index in [-0.39, 0.29) is 6.04 Å². The van der Waals surface area contributed by atoms with Gasteiger partial charge in [0.1, 0.15) is 5.82 Å². The average molecular weight is 586 g/mol. The fraction of sp³-hybridized carbons (Fsp3) is 0.314. The normalized spacial score (nSPS) is 12.4. The first-order valence-corrected chi connectivity index (χ1v) is 15.3. The number of hydrogen-bond donors (Lipinski definition) is 1. The number of hydrogen-bond acceptors (Lipinski definition) is 4. The van der Waals surface area contributed by atoms with Gasteiger partial charge in [-0.15, -0.1) is 0 Å². The van der Waals surface area contributed by atoms with E-state index in [0.29, 0.717) is 15.9 Å². The van der Waals surface area contributed by atoms with E-state index in [0.717, 1.165) is 83.1 Å². The van der Waals surface area contributed by atoms with Crippen LogP contribution in [0.1, 0.15) is 50.3 Å². The summed E-state index contributed by atoms with van der Waals surface area (Å²) in [7, 11) is 0. The Morgan fingerprint density at radius 2 is 1.61 bits per heavy atom. The van der Waals surface area contributed by atoms with Gasteiger partial charge in [-0.1, -0.05) is 79.5 Å². The first-order chi connectivity index (χ1) is 19.9. The maximum absolute atomic E-state index is 6.48. The maximum atomic E-state index is 6.48. The predicted molar refractivity (Wildman–Crippen MR) is 177 cm³/mol. The van der Waals surface area contributed by atoms with Crippen molar-refractivity contribution in [2.45, 2.75) is 53.0 Å². The fourth-order valence-electron chi connectivity index (χ4n) is 5.53. The summed E-state index contributed by atoms with van der Waals surface area (Å²) in [5.41, 5.74) is 5.45. The van der Waals surface area contributed by atoms with Gasteiger partial charge in [0.2, 0.25) is 0 Å². The van der Waals surface area contributed by atoms with Gasteiger partial charge in [0, 0.05) is 17.0 Å². The van der Waals surface area contributed by atoms with Crippen molar-refractivity contribution < 1.29 is 0 Å². The second kappa shape index (κ2) is 13.2. The van der Waals surface area contributed by atoms with Crippen molar-refractivity contribution in [1.29, 1.82) is 0 Å². The van der Waals surface area contributed by atoms with Gasteiger partial charge in [-0.05, 0) is 111 Å². The van der Waals surface area contributed by atoms with Crippen molar-refractivity contribution in [3.05, 3.63) is 99.5 Å². The lowest BCUT2D eigenvalue weighted by Crippen LogP contribution is -2.25. The molecule has 1 N–H and O–H groups in total. The first kappa shape index (κ1) is 29.3. The molecule has 0 aliphatic rings. The van der Waals surface area contributed by atoms with E-state index in [4.69, 9.17) is 33.2 Å². The summed E-state index contributed by atoms with van der Waals surface area (Å²) < 4.78 is 0. The van der Waals surface area contributed by atoms with Crippen molar-refractivity contribution in [2.75, 3.05) is 25.0 Å². The van der Waals surface area contributed by atoms with E-state index in [1.807, 2.05) is 18.2 Å². The van der Waals surface area contributed by atoms with Crippen molar-refractivity contribution >= 4 is 50.7 Å². The molecule has 1 unspecified atom stereocenters. The molecule has 5 rings (SSSR count). The highest BCUT2D eigenvalue weighted by Crippen LogP contribution is 2.35. The molecule has 5 aromatic rings. The molecule has 212 valence electrons. The lowest BCUT2D eigenvalue weighted by Gasteiger charge is -2.21. The number of anilines is 1. The Morgan fingerprint density at radius 1 is 0.854 bits per heavy atom. The Morgan fingerprint density at radius 3 is 2.37 bits per heavy atom. The van der Waals surface area contributed by atoms with Crippen molar-refractivity contribution in [2.24, 2.45) is 0 Å². The number of fused-ring (bicyclic) bond motifs is 2. The summed E-state index contributed by atoms with van der Waals surface area (Å²) in [5.74, 6) is 1.58. The molecular weight excluding hydrogens is 547 g/mol. The van der Waals surface area contributed by atoms with Crippen LogP contribution in [0.5, 0.6) is 0 Å². The highest BCUT2D eigenvalue weighted by molar-refractivity contribution is 6.42. The molecule has 1 heterocycles. The van der Waals surface area contributed by atoms with Crippen molar-refractivity contribution in [3.8, 4) is 11.4 Å². The summed E-state index contributed by atoms with van der Waals surface area (Å²) in [6, 6.07) is 25.3. The van der Waals surface area contributed by atoms with Gasteiger partial charge in [0.05, 0.1) is 15.6 Å². The standard InChI is InChI=1S/C35H38Cl2N4/c1-5-41(6-2)17-11-13-24(4)38-35-29-16-10-12-23(3)33(29)39-34(40-35)28-19-26(18-25-14-8-7-9-15-25)30-22-32(37)31(36)21-27(30)20-28/h7-10,12,14-16,19-22,24H,5-6,11,13,17-18H2,1-4H3,(H,38,39,40). The van der Waals surface area contributed by atoms with E-state index < -0.39 is 0 Å². The van der Waals surface area contributed by atoms with E-state index in [9.17, 15) is 0 Å². The van der Waals surface area contributed by atoms with Crippen LogP contribution in [0.4, 0.5) is 5.82 Å². The van der Waals surface area contributed by atoms with Crippen LogP contribution in [0.15, 0.2) is 72.8 Å². The van der Waals surface area contributed by atoms with Crippen LogP contribution >= 0.6 is 23.2 Å². The minimum absolute atomic E-state index is 0.281. The summed E-state index contributed by atoms with van der Waals surface area (Å²) in [5, 5.41) is 7.98. The smallest absolute Gasteiger partial charge is 0.162 e. The summed E-state index contributed by atoms with van der Waals surface area (Å²) in [6.07, 6.45) is 2.98.